The molecule has 0 atom stereocenters. The number of aryl methyl sites for hydroxylation is 1. The summed E-state index contributed by atoms with van der Waals surface area (Å²) in [6.45, 7) is 5.29. The van der Waals surface area contributed by atoms with Crippen LogP contribution in [-0.4, -0.2) is 31.8 Å². The van der Waals surface area contributed by atoms with Crippen LogP contribution in [0, 0.1) is 6.92 Å². The Bertz CT molecular complexity index is 1260. The van der Waals surface area contributed by atoms with E-state index in [0.717, 1.165) is 15.6 Å². The Hall–Kier alpha value is -3.91. The second-order valence-electron chi connectivity index (χ2n) is 7.45. The van der Waals surface area contributed by atoms with Crippen molar-refractivity contribution in [3.63, 3.8) is 0 Å². The molecule has 0 aliphatic rings. The number of nitrogens with zero attached hydrogens (tertiary/aromatic N) is 1. The fourth-order valence-electron chi connectivity index (χ4n) is 3.14. The lowest BCUT2D eigenvalue weighted by Crippen LogP contribution is -2.24. The van der Waals surface area contributed by atoms with Gasteiger partial charge in [-0.3, -0.25) is 4.79 Å². The van der Waals surface area contributed by atoms with E-state index in [9.17, 15) is 9.59 Å². The maximum atomic E-state index is 12.6. The zero-order valence-corrected chi connectivity index (χ0v) is 21.0. The second kappa shape index (κ2) is 12.5. The molecule has 0 spiro atoms. The smallest absolute Gasteiger partial charge is 0.343 e. The summed E-state index contributed by atoms with van der Waals surface area (Å²) >= 11 is 3.39. The molecule has 3 rings (SSSR count). The van der Waals surface area contributed by atoms with Crippen molar-refractivity contribution in [1.29, 1.82) is 0 Å². The van der Waals surface area contributed by atoms with Crippen molar-refractivity contribution in [2.45, 2.75) is 13.3 Å². The van der Waals surface area contributed by atoms with Gasteiger partial charge in [0.05, 0.1) is 18.9 Å². The number of carbonyl (C=O) groups is 2. The molecule has 0 saturated heterocycles. The number of ether oxygens (including phenoxy) is 3. The third-order valence-corrected chi connectivity index (χ3v) is 5.39. The summed E-state index contributed by atoms with van der Waals surface area (Å²) in [6, 6.07) is 17.7. The summed E-state index contributed by atoms with van der Waals surface area (Å²) in [4.78, 5) is 24.8. The van der Waals surface area contributed by atoms with Crippen molar-refractivity contribution in [1.82, 2.24) is 5.43 Å². The first-order valence-corrected chi connectivity index (χ1v) is 11.5. The van der Waals surface area contributed by atoms with E-state index in [1.54, 1.807) is 42.5 Å². The number of methoxy groups -OCH3 is 1. The molecular weight excluding hydrogens is 512 g/mol. The summed E-state index contributed by atoms with van der Waals surface area (Å²) in [5.74, 6) is 0.323. The highest BCUT2D eigenvalue weighted by Crippen LogP contribution is 2.28. The highest BCUT2D eigenvalue weighted by atomic mass is 79.9. The van der Waals surface area contributed by atoms with Gasteiger partial charge in [-0.15, -0.1) is 6.58 Å². The monoisotopic (exact) mass is 536 g/mol. The lowest BCUT2D eigenvalue weighted by atomic mass is 10.1. The number of allylic oxidation sites excluding steroid dienone is 1. The van der Waals surface area contributed by atoms with Crippen LogP contribution in [0.15, 0.2) is 82.9 Å². The molecule has 180 valence electrons. The summed E-state index contributed by atoms with van der Waals surface area (Å²) in [5.41, 5.74) is 5.21. The standard InChI is InChI=1S/C27H25BrN2O5/c1-4-7-19-10-12-24(25(14-19)33-3)34-17-26(31)30-29-16-20-15-21(28)11-13-23(20)35-27(32)22-9-6-5-8-18(22)2/h4-6,8-16H,1,7,17H2,2-3H3,(H,30,31). The van der Waals surface area contributed by atoms with E-state index in [-0.39, 0.29) is 6.61 Å². The average Bonchev–Trinajstić information content (AvgIpc) is 2.85. The summed E-state index contributed by atoms with van der Waals surface area (Å²) in [5, 5.41) is 3.98. The Morgan fingerprint density at radius 2 is 1.83 bits per heavy atom. The van der Waals surface area contributed by atoms with Crippen LogP contribution in [0.2, 0.25) is 0 Å². The van der Waals surface area contributed by atoms with Gasteiger partial charge in [0, 0.05) is 10.0 Å². The quantitative estimate of drug-likeness (QED) is 0.126. The number of hydrogen-bond acceptors (Lipinski definition) is 6. The van der Waals surface area contributed by atoms with Crippen LogP contribution in [0.1, 0.15) is 27.0 Å². The van der Waals surface area contributed by atoms with Crippen LogP contribution in [-0.2, 0) is 11.2 Å². The molecule has 8 heteroatoms. The van der Waals surface area contributed by atoms with Crippen molar-refractivity contribution in [3.05, 3.63) is 100 Å². The molecule has 3 aromatic rings. The predicted molar refractivity (Wildman–Crippen MR) is 138 cm³/mol. The van der Waals surface area contributed by atoms with Crippen molar-refractivity contribution >= 4 is 34.0 Å². The minimum atomic E-state index is -0.481. The topological polar surface area (TPSA) is 86.2 Å². The lowest BCUT2D eigenvalue weighted by molar-refractivity contribution is -0.123. The Morgan fingerprint density at radius 3 is 2.57 bits per heavy atom. The molecule has 0 saturated carbocycles. The van der Waals surface area contributed by atoms with Crippen molar-refractivity contribution in [2.75, 3.05) is 13.7 Å². The summed E-state index contributed by atoms with van der Waals surface area (Å²) in [6.07, 6.45) is 3.89. The number of halogens is 1. The molecule has 0 aliphatic carbocycles. The molecule has 1 amide bonds. The fraction of sp³-hybridized carbons (Fsp3) is 0.148. The van der Waals surface area contributed by atoms with E-state index in [4.69, 9.17) is 14.2 Å². The van der Waals surface area contributed by atoms with Crippen LogP contribution in [0.25, 0.3) is 0 Å². The normalized spacial score (nSPS) is 10.6. The zero-order valence-electron chi connectivity index (χ0n) is 19.4. The molecule has 0 aliphatic heterocycles. The van der Waals surface area contributed by atoms with E-state index in [0.29, 0.717) is 34.8 Å². The molecule has 3 aromatic carbocycles. The minimum absolute atomic E-state index is 0.262. The summed E-state index contributed by atoms with van der Waals surface area (Å²) < 4.78 is 17.2. The van der Waals surface area contributed by atoms with Gasteiger partial charge in [-0.25, -0.2) is 10.2 Å². The Kier molecular flexibility index (Phi) is 9.20. The lowest BCUT2D eigenvalue weighted by Gasteiger charge is -2.11. The third kappa shape index (κ3) is 7.28. The molecule has 0 radical (unpaired) electrons. The van der Waals surface area contributed by atoms with Gasteiger partial charge in [-0.2, -0.15) is 5.10 Å². The SMILES string of the molecule is C=CCc1ccc(OCC(=O)NN=Cc2cc(Br)ccc2OC(=O)c2ccccc2C)c(OC)c1. The van der Waals surface area contributed by atoms with Gasteiger partial charge in [-0.05, 0) is 60.9 Å². The molecule has 35 heavy (non-hydrogen) atoms. The highest BCUT2D eigenvalue weighted by molar-refractivity contribution is 9.10. The van der Waals surface area contributed by atoms with Crippen molar-refractivity contribution in [2.24, 2.45) is 5.10 Å². The highest BCUT2D eigenvalue weighted by Gasteiger charge is 2.14. The van der Waals surface area contributed by atoms with E-state index < -0.39 is 11.9 Å². The van der Waals surface area contributed by atoms with Gasteiger partial charge in [0.1, 0.15) is 5.75 Å². The number of carbonyl (C=O) groups excluding carboxylic acids is 2. The largest absolute Gasteiger partial charge is 0.493 e. The van der Waals surface area contributed by atoms with Gasteiger partial charge < -0.3 is 14.2 Å². The Balaban J connectivity index is 1.62. The van der Waals surface area contributed by atoms with Gasteiger partial charge in [0.2, 0.25) is 0 Å². The van der Waals surface area contributed by atoms with Gasteiger partial charge in [0.25, 0.3) is 5.91 Å². The average molecular weight is 537 g/mol. The number of nitrogens with one attached hydrogen (secondary N) is 1. The van der Waals surface area contributed by atoms with E-state index in [1.165, 1.54) is 13.3 Å². The van der Waals surface area contributed by atoms with Gasteiger partial charge in [-0.1, -0.05) is 46.3 Å². The molecule has 0 unspecified atom stereocenters. The van der Waals surface area contributed by atoms with Crippen LogP contribution in [0.5, 0.6) is 17.2 Å². The summed E-state index contributed by atoms with van der Waals surface area (Å²) in [7, 11) is 1.53. The number of esters is 1. The molecular formula is C27H25BrN2O5. The molecule has 0 bridgehead atoms. The number of hydrazone groups is 1. The Morgan fingerprint density at radius 1 is 1.06 bits per heavy atom. The van der Waals surface area contributed by atoms with Gasteiger partial charge in [0.15, 0.2) is 18.1 Å². The van der Waals surface area contributed by atoms with E-state index in [1.807, 2.05) is 31.2 Å². The molecule has 0 aromatic heterocycles. The molecule has 1 N–H and O–H groups in total. The zero-order chi connectivity index (χ0) is 25.2. The van der Waals surface area contributed by atoms with E-state index >= 15 is 0 Å². The molecule has 7 nitrogen and oxygen atoms in total. The maximum Gasteiger partial charge on any atom is 0.343 e. The molecule has 0 fully saturated rings. The fourth-order valence-corrected chi connectivity index (χ4v) is 3.52. The second-order valence-corrected chi connectivity index (χ2v) is 8.36. The first-order valence-electron chi connectivity index (χ1n) is 10.7. The van der Waals surface area contributed by atoms with Crippen molar-refractivity contribution < 1.29 is 23.8 Å². The van der Waals surface area contributed by atoms with Gasteiger partial charge >= 0.3 is 5.97 Å². The minimum Gasteiger partial charge on any atom is -0.493 e. The predicted octanol–water partition coefficient (Wildman–Crippen LogP) is 5.24. The number of amides is 1. The number of rotatable bonds is 10. The van der Waals surface area contributed by atoms with Crippen LogP contribution in [0.3, 0.4) is 0 Å². The number of hydrogen-bond donors (Lipinski definition) is 1. The van der Waals surface area contributed by atoms with Crippen molar-refractivity contribution in [3.8, 4) is 17.2 Å². The van der Waals surface area contributed by atoms with E-state index in [2.05, 4.69) is 33.0 Å². The Labute approximate surface area is 212 Å². The third-order valence-electron chi connectivity index (χ3n) is 4.90. The maximum absolute atomic E-state index is 12.6. The van der Waals surface area contributed by atoms with Crippen LogP contribution in [0.4, 0.5) is 0 Å². The number of benzene rings is 3. The van der Waals surface area contributed by atoms with Crippen LogP contribution < -0.4 is 19.6 Å². The molecule has 0 heterocycles. The first-order chi connectivity index (χ1) is 16.9. The first kappa shape index (κ1) is 25.7. The van der Waals surface area contributed by atoms with Crippen LogP contribution >= 0.6 is 15.9 Å².